The van der Waals surface area contributed by atoms with E-state index in [4.69, 9.17) is 10.00 Å². The Kier molecular flexibility index (Phi) is 3.83. The van der Waals surface area contributed by atoms with Crippen molar-refractivity contribution in [2.24, 2.45) is 0 Å². The largest absolute Gasteiger partial charge is 0.488 e. The van der Waals surface area contributed by atoms with E-state index < -0.39 is 5.82 Å². The van der Waals surface area contributed by atoms with Crippen LogP contribution in [0.15, 0.2) is 36.4 Å². The van der Waals surface area contributed by atoms with E-state index in [2.05, 4.69) is 16.3 Å². The van der Waals surface area contributed by atoms with Gasteiger partial charge in [0, 0.05) is 42.5 Å². The third kappa shape index (κ3) is 2.59. The van der Waals surface area contributed by atoms with E-state index in [0.29, 0.717) is 17.2 Å². The lowest BCUT2D eigenvalue weighted by molar-refractivity contribution is 0.297. The van der Waals surface area contributed by atoms with Crippen LogP contribution in [0.2, 0.25) is 0 Å². The van der Waals surface area contributed by atoms with Gasteiger partial charge >= 0.3 is 0 Å². The van der Waals surface area contributed by atoms with Crippen LogP contribution < -0.4 is 15.0 Å². The molecular weight excluding hydrogens is 305 g/mol. The molecule has 4 nitrogen and oxygen atoms in total. The number of piperazine rings is 1. The van der Waals surface area contributed by atoms with Gasteiger partial charge in [-0.25, -0.2) is 4.39 Å². The molecule has 5 heteroatoms. The number of ether oxygens (including phenoxy) is 1. The zero-order valence-electron chi connectivity index (χ0n) is 13.3. The predicted octanol–water partition coefficient (Wildman–Crippen LogP) is 2.61. The molecule has 2 aliphatic heterocycles. The standard InChI is InChI=1S/C19H18FN3O/c20-17-8-13(10-21)4-5-14(17)12-24-19-3-1-2-18-16(19)9-15-11-22-6-7-23(15)18/h1-5,8,15,22H,6-7,9,11-12H2. The summed E-state index contributed by atoms with van der Waals surface area (Å²) in [6.45, 7) is 3.15. The summed E-state index contributed by atoms with van der Waals surface area (Å²) in [5.41, 5.74) is 3.23. The molecule has 1 atom stereocenters. The first-order valence-corrected chi connectivity index (χ1v) is 8.17. The maximum absolute atomic E-state index is 14.0. The second kappa shape index (κ2) is 6.14. The van der Waals surface area contributed by atoms with Gasteiger partial charge in [-0.3, -0.25) is 0 Å². The van der Waals surface area contributed by atoms with Crippen molar-refractivity contribution in [1.82, 2.24) is 5.32 Å². The minimum Gasteiger partial charge on any atom is -0.488 e. The van der Waals surface area contributed by atoms with Gasteiger partial charge in [0.25, 0.3) is 0 Å². The SMILES string of the molecule is N#Cc1ccc(COc2cccc3c2CC2CNCCN32)c(F)c1. The van der Waals surface area contributed by atoms with Crippen LogP contribution in [0, 0.1) is 17.1 Å². The van der Waals surface area contributed by atoms with Crippen LogP contribution >= 0.6 is 0 Å². The summed E-state index contributed by atoms with van der Waals surface area (Å²) >= 11 is 0. The molecule has 2 aromatic carbocycles. The second-order valence-electron chi connectivity index (χ2n) is 6.22. The first kappa shape index (κ1) is 15.0. The fourth-order valence-electron chi connectivity index (χ4n) is 3.55. The van der Waals surface area contributed by atoms with Crippen molar-refractivity contribution < 1.29 is 9.13 Å². The summed E-state index contributed by atoms with van der Waals surface area (Å²) in [6, 6.07) is 13.0. The fraction of sp³-hybridized carbons (Fsp3) is 0.316. The number of hydrogen-bond acceptors (Lipinski definition) is 4. The van der Waals surface area contributed by atoms with Crippen LogP contribution in [0.25, 0.3) is 0 Å². The number of benzene rings is 2. The van der Waals surface area contributed by atoms with Crippen molar-refractivity contribution in [3.8, 4) is 11.8 Å². The summed E-state index contributed by atoms with van der Waals surface area (Å²) < 4.78 is 19.9. The highest BCUT2D eigenvalue weighted by Crippen LogP contribution is 2.38. The van der Waals surface area contributed by atoms with Gasteiger partial charge in [-0.2, -0.15) is 5.26 Å². The molecule has 0 aliphatic carbocycles. The number of nitriles is 1. The molecular formula is C19H18FN3O. The fourth-order valence-corrected chi connectivity index (χ4v) is 3.55. The highest BCUT2D eigenvalue weighted by Gasteiger charge is 2.32. The maximum Gasteiger partial charge on any atom is 0.131 e. The maximum atomic E-state index is 14.0. The van der Waals surface area contributed by atoms with Crippen LogP contribution in [0.3, 0.4) is 0 Å². The molecule has 2 heterocycles. The third-order valence-electron chi connectivity index (χ3n) is 4.77. The van der Waals surface area contributed by atoms with E-state index in [1.807, 2.05) is 18.2 Å². The van der Waals surface area contributed by atoms with Gasteiger partial charge in [-0.05, 0) is 30.7 Å². The molecule has 1 N–H and O–H groups in total. The third-order valence-corrected chi connectivity index (χ3v) is 4.77. The van der Waals surface area contributed by atoms with Gasteiger partial charge in [0.2, 0.25) is 0 Å². The van der Waals surface area contributed by atoms with Crippen molar-refractivity contribution in [1.29, 1.82) is 5.26 Å². The molecule has 0 radical (unpaired) electrons. The van der Waals surface area contributed by atoms with E-state index in [1.54, 1.807) is 12.1 Å². The normalized spacial score (nSPS) is 18.7. The summed E-state index contributed by atoms with van der Waals surface area (Å²) in [6.07, 6.45) is 0.953. The Labute approximate surface area is 140 Å². The molecule has 0 amide bonds. The number of anilines is 1. The lowest BCUT2D eigenvalue weighted by Gasteiger charge is -2.32. The van der Waals surface area contributed by atoms with Crippen molar-refractivity contribution in [2.45, 2.75) is 19.1 Å². The molecule has 122 valence electrons. The van der Waals surface area contributed by atoms with Crippen LogP contribution in [-0.4, -0.2) is 25.7 Å². The van der Waals surface area contributed by atoms with Crippen molar-refractivity contribution in [2.75, 3.05) is 24.5 Å². The highest BCUT2D eigenvalue weighted by atomic mass is 19.1. The number of halogens is 1. The molecule has 4 rings (SSSR count). The number of fused-ring (bicyclic) bond motifs is 3. The Morgan fingerprint density at radius 1 is 1.33 bits per heavy atom. The van der Waals surface area contributed by atoms with Crippen molar-refractivity contribution >= 4 is 5.69 Å². The molecule has 24 heavy (non-hydrogen) atoms. The molecule has 0 aromatic heterocycles. The molecule has 1 fully saturated rings. The summed E-state index contributed by atoms with van der Waals surface area (Å²) in [7, 11) is 0. The lowest BCUT2D eigenvalue weighted by Crippen LogP contribution is -2.49. The molecule has 0 spiro atoms. The minimum absolute atomic E-state index is 0.164. The first-order valence-electron chi connectivity index (χ1n) is 8.17. The topological polar surface area (TPSA) is 48.3 Å². The van der Waals surface area contributed by atoms with Crippen LogP contribution in [0.5, 0.6) is 5.75 Å². The van der Waals surface area contributed by atoms with Crippen LogP contribution in [0.1, 0.15) is 16.7 Å². The Morgan fingerprint density at radius 2 is 2.25 bits per heavy atom. The van der Waals surface area contributed by atoms with Crippen molar-refractivity contribution in [3.05, 3.63) is 58.9 Å². The monoisotopic (exact) mass is 323 g/mol. The van der Waals surface area contributed by atoms with Gasteiger partial charge in [-0.15, -0.1) is 0 Å². The summed E-state index contributed by atoms with van der Waals surface area (Å²) in [5.74, 6) is 0.425. The average Bonchev–Trinajstić information content (AvgIpc) is 3.00. The molecule has 2 aromatic rings. The number of nitrogens with one attached hydrogen (secondary N) is 1. The zero-order chi connectivity index (χ0) is 16.5. The molecule has 1 saturated heterocycles. The summed E-state index contributed by atoms with van der Waals surface area (Å²) in [5, 5.41) is 12.2. The summed E-state index contributed by atoms with van der Waals surface area (Å²) in [4.78, 5) is 2.43. The van der Waals surface area contributed by atoms with E-state index in [9.17, 15) is 4.39 Å². The quantitative estimate of drug-likeness (QED) is 0.943. The van der Waals surface area contributed by atoms with E-state index in [0.717, 1.165) is 31.8 Å². The number of nitrogens with zero attached hydrogens (tertiary/aromatic N) is 2. The molecule has 2 aliphatic rings. The van der Waals surface area contributed by atoms with E-state index in [-0.39, 0.29) is 6.61 Å². The lowest BCUT2D eigenvalue weighted by atomic mass is 10.1. The Morgan fingerprint density at radius 3 is 3.08 bits per heavy atom. The minimum atomic E-state index is -0.400. The first-order chi connectivity index (χ1) is 11.8. The predicted molar refractivity (Wildman–Crippen MR) is 89.6 cm³/mol. The van der Waals surface area contributed by atoms with Gasteiger partial charge in [0.05, 0.1) is 11.6 Å². The highest BCUT2D eigenvalue weighted by molar-refractivity contribution is 5.65. The van der Waals surface area contributed by atoms with E-state index in [1.165, 1.54) is 17.3 Å². The van der Waals surface area contributed by atoms with E-state index >= 15 is 0 Å². The van der Waals surface area contributed by atoms with Crippen LogP contribution in [-0.2, 0) is 13.0 Å². The smallest absolute Gasteiger partial charge is 0.131 e. The average molecular weight is 323 g/mol. The van der Waals surface area contributed by atoms with Crippen LogP contribution in [0.4, 0.5) is 10.1 Å². The van der Waals surface area contributed by atoms with Gasteiger partial charge in [0.15, 0.2) is 0 Å². The molecule has 1 unspecified atom stereocenters. The number of rotatable bonds is 3. The van der Waals surface area contributed by atoms with Crippen molar-refractivity contribution in [3.63, 3.8) is 0 Å². The number of hydrogen-bond donors (Lipinski definition) is 1. The van der Waals surface area contributed by atoms with Gasteiger partial charge in [0.1, 0.15) is 18.2 Å². The van der Waals surface area contributed by atoms with Gasteiger partial charge < -0.3 is 15.0 Å². The Bertz CT molecular complexity index is 815. The zero-order valence-corrected chi connectivity index (χ0v) is 13.3. The second-order valence-corrected chi connectivity index (χ2v) is 6.22. The van der Waals surface area contributed by atoms with Gasteiger partial charge in [-0.1, -0.05) is 12.1 Å². The Balaban J connectivity index is 1.55. The molecule has 0 saturated carbocycles. The molecule has 0 bridgehead atoms. The Hall–Kier alpha value is -2.58.